The van der Waals surface area contributed by atoms with Crippen molar-refractivity contribution in [1.29, 1.82) is 0 Å². The maximum absolute atomic E-state index is 5.84. The molecular formula is C11H18N2O. The van der Waals surface area contributed by atoms with Crippen molar-refractivity contribution in [2.45, 2.75) is 26.5 Å². The Morgan fingerprint density at radius 2 is 2.21 bits per heavy atom. The van der Waals surface area contributed by atoms with Crippen molar-refractivity contribution in [2.24, 2.45) is 11.7 Å². The largest absolute Gasteiger partial charge is 0.374 e. The molecule has 1 heterocycles. The fourth-order valence-electron chi connectivity index (χ4n) is 0.976. The quantitative estimate of drug-likeness (QED) is 0.774. The van der Waals surface area contributed by atoms with Gasteiger partial charge in [0.2, 0.25) is 0 Å². The van der Waals surface area contributed by atoms with Gasteiger partial charge >= 0.3 is 0 Å². The smallest absolute Gasteiger partial charge is 0.0888 e. The molecule has 0 spiro atoms. The summed E-state index contributed by atoms with van der Waals surface area (Å²) in [4.78, 5) is 4.15. The van der Waals surface area contributed by atoms with Crippen LogP contribution in [0.4, 0.5) is 0 Å². The summed E-state index contributed by atoms with van der Waals surface area (Å²) in [6, 6.07) is 5.90. The van der Waals surface area contributed by atoms with E-state index in [1.54, 1.807) is 6.20 Å². The predicted octanol–water partition coefficient (Wildman–Crippen LogP) is 1.58. The molecule has 14 heavy (non-hydrogen) atoms. The molecule has 3 heteroatoms. The first-order valence-corrected chi connectivity index (χ1v) is 4.93. The van der Waals surface area contributed by atoms with Gasteiger partial charge in [0.05, 0.1) is 18.9 Å². The molecule has 0 aliphatic heterocycles. The molecule has 3 nitrogen and oxygen atoms in total. The summed E-state index contributed by atoms with van der Waals surface area (Å²) >= 11 is 0. The number of pyridine rings is 1. The molecule has 0 amide bonds. The average molecular weight is 194 g/mol. The fraction of sp³-hybridized carbons (Fsp3) is 0.545. The standard InChI is InChI=1S/C11H18N2O/c1-9(2)11(12)8-14-7-10-5-3-4-6-13-10/h3-6,9,11H,7-8,12H2,1-2H3/t11-/m1/s1. The van der Waals surface area contributed by atoms with Gasteiger partial charge in [0.25, 0.3) is 0 Å². The number of hydrogen-bond acceptors (Lipinski definition) is 3. The van der Waals surface area contributed by atoms with E-state index < -0.39 is 0 Å². The molecule has 1 aromatic heterocycles. The molecule has 0 aliphatic carbocycles. The van der Waals surface area contributed by atoms with Crippen LogP contribution < -0.4 is 5.73 Å². The van der Waals surface area contributed by atoms with Crippen molar-refractivity contribution < 1.29 is 4.74 Å². The van der Waals surface area contributed by atoms with Crippen molar-refractivity contribution >= 4 is 0 Å². The summed E-state index contributed by atoms with van der Waals surface area (Å²) in [5, 5.41) is 0. The van der Waals surface area contributed by atoms with Crippen molar-refractivity contribution in [1.82, 2.24) is 4.98 Å². The topological polar surface area (TPSA) is 48.1 Å². The second-order valence-electron chi connectivity index (χ2n) is 3.74. The van der Waals surface area contributed by atoms with E-state index in [4.69, 9.17) is 10.5 Å². The number of rotatable bonds is 5. The number of nitrogens with zero attached hydrogens (tertiary/aromatic N) is 1. The predicted molar refractivity (Wildman–Crippen MR) is 56.7 cm³/mol. The van der Waals surface area contributed by atoms with Crippen LogP contribution in [0.2, 0.25) is 0 Å². The molecule has 0 fully saturated rings. The molecular weight excluding hydrogens is 176 g/mol. The SMILES string of the molecule is CC(C)[C@H](N)COCc1ccccn1. The molecule has 0 aliphatic rings. The first kappa shape index (κ1) is 11.1. The summed E-state index contributed by atoms with van der Waals surface area (Å²) in [5.74, 6) is 0.457. The molecule has 0 radical (unpaired) electrons. The highest BCUT2D eigenvalue weighted by atomic mass is 16.5. The van der Waals surface area contributed by atoms with Crippen molar-refractivity contribution in [2.75, 3.05) is 6.61 Å². The number of nitrogens with two attached hydrogens (primary N) is 1. The summed E-state index contributed by atoms with van der Waals surface area (Å²) in [7, 11) is 0. The Hall–Kier alpha value is -0.930. The van der Waals surface area contributed by atoms with Gasteiger partial charge in [-0.1, -0.05) is 19.9 Å². The van der Waals surface area contributed by atoms with Crippen LogP contribution in [-0.4, -0.2) is 17.6 Å². The zero-order valence-electron chi connectivity index (χ0n) is 8.81. The van der Waals surface area contributed by atoms with Crippen LogP contribution in [0.5, 0.6) is 0 Å². The summed E-state index contributed by atoms with van der Waals surface area (Å²) in [6.07, 6.45) is 1.76. The van der Waals surface area contributed by atoms with Gasteiger partial charge in [-0.15, -0.1) is 0 Å². The van der Waals surface area contributed by atoms with Crippen LogP contribution in [0.25, 0.3) is 0 Å². The second kappa shape index (κ2) is 5.73. The Labute approximate surface area is 85.3 Å². The molecule has 1 aromatic rings. The maximum atomic E-state index is 5.84. The van der Waals surface area contributed by atoms with Gasteiger partial charge in [0, 0.05) is 12.2 Å². The minimum Gasteiger partial charge on any atom is -0.374 e. The summed E-state index contributed by atoms with van der Waals surface area (Å²) < 4.78 is 5.46. The van der Waals surface area contributed by atoms with Gasteiger partial charge in [-0.2, -0.15) is 0 Å². The van der Waals surface area contributed by atoms with E-state index >= 15 is 0 Å². The Morgan fingerprint density at radius 3 is 2.79 bits per heavy atom. The molecule has 1 rings (SSSR count). The first-order chi connectivity index (χ1) is 6.70. The average Bonchev–Trinajstić information content (AvgIpc) is 2.19. The van der Waals surface area contributed by atoms with E-state index in [2.05, 4.69) is 18.8 Å². The molecule has 0 unspecified atom stereocenters. The van der Waals surface area contributed by atoms with Crippen LogP contribution >= 0.6 is 0 Å². The van der Waals surface area contributed by atoms with Gasteiger partial charge in [0.1, 0.15) is 0 Å². The zero-order chi connectivity index (χ0) is 10.4. The Kier molecular flexibility index (Phi) is 4.56. The summed E-state index contributed by atoms with van der Waals surface area (Å²) in [6.45, 7) is 5.32. The zero-order valence-corrected chi connectivity index (χ0v) is 8.81. The van der Waals surface area contributed by atoms with Crippen molar-refractivity contribution in [3.8, 4) is 0 Å². The normalized spacial score (nSPS) is 13.1. The Morgan fingerprint density at radius 1 is 1.43 bits per heavy atom. The molecule has 1 atom stereocenters. The minimum absolute atomic E-state index is 0.110. The highest BCUT2D eigenvalue weighted by Gasteiger charge is 2.07. The van der Waals surface area contributed by atoms with Gasteiger partial charge in [-0.25, -0.2) is 0 Å². The number of hydrogen-bond donors (Lipinski definition) is 1. The van der Waals surface area contributed by atoms with Crippen LogP contribution in [0.3, 0.4) is 0 Å². The molecule has 78 valence electrons. The van der Waals surface area contributed by atoms with Crippen LogP contribution in [0, 0.1) is 5.92 Å². The van der Waals surface area contributed by atoms with Gasteiger partial charge in [0.15, 0.2) is 0 Å². The highest BCUT2D eigenvalue weighted by molar-refractivity contribution is 5.01. The monoisotopic (exact) mass is 194 g/mol. The van der Waals surface area contributed by atoms with Crippen LogP contribution in [0.15, 0.2) is 24.4 Å². The molecule has 0 bridgehead atoms. The maximum Gasteiger partial charge on any atom is 0.0888 e. The lowest BCUT2D eigenvalue weighted by Gasteiger charge is -2.15. The van der Waals surface area contributed by atoms with Crippen molar-refractivity contribution in [3.05, 3.63) is 30.1 Å². The van der Waals surface area contributed by atoms with Crippen LogP contribution in [0.1, 0.15) is 19.5 Å². The van der Waals surface area contributed by atoms with E-state index in [1.165, 1.54) is 0 Å². The number of aromatic nitrogens is 1. The van der Waals surface area contributed by atoms with E-state index in [0.717, 1.165) is 5.69 Å². The first-order valence-electron chi connectivity index (χ1n) is 4.93. The Balaban J connectivity index is 2.22. The lowest BCUT2D eigenvalue weighted by Crippen LogP contribution is -2.31. The lowest BCUT2D eigenvalue weighted by atomic mass is 10.1. The lowest BCUT2D eigenvalue weighted by molar-refractivity contribution is 0.0951. The van der Waals surface area contributed by atoms with Gasteiger partial charge < -0.3 is 10.5 Å². The summed E-state index contributed by atoms with van der Waals surface area (Å²) in [5.41, 5.74) is 6.78. The van der Waals surface area contributed by atoms with Gasteiger partial charge in [-0.05, 0) is 18.1 Å². The third-order valence-electron chi connectivity index (χ3n) is 2.14. The van der Waals surface area contributed by atoms with Crippen molar-refractivity contribution in [3.63, 3.8) is 0 Å². The van der Waals surface area contributed by atoms with E-state index in [9.17, 15) is 0 Å². The van der Waals surface area contributed by atoms with Gasteiger partial charge in [-0.3, -0.25) is 4.98 Å². The second-order valence-corrected chi connectivity index (χ2v) is 3.74. The molecule has 0 saturated carbocycles. The minimum atomic E-state index is 0.110. The molecule has 0 saturated heterocycles. The third kappa shape index (κ3) is 3.85. The van der Waals surface area contributed by atoms with E-state index in [1.807, 2.05) is 18.2 Å². The highest BCUT2D eigenvalue weighted by Crippen LogP contribution is 2.01. The number of ether oxygens (including phenoxy) is 1. The third-order valence-corrected chi connectivity index (χ3v) is 2.14. The van der Waals surface area contributed by atoms with E-state index in [0.29, 0.717) is 19.1 Å². The molecule has 0 aromatic carbocycles. The Bertz CT molecular complexity index is 249. The fourth-order valence-corrected chi connectivity index (χ4v) is 0.976. The van der Waals surface area contributed by atoms with E-state index in [-0.39, 0.29) is 6.04 Å². The van der Waals surface area contributed by atoms with Crippen LogP contribution in [-0.2, 0) is 11.3 Å². The molecule has 2 N–H and O–H groups in total.